The van der Waals surface area contributed by atoms with E-state index >= 15 is 0 Å². The van der Waals surface area contributed by atoms with E-state index in [0.717, 1.165) is 5.82 Å². The standard InChI is InChI=1S/C9H7ClFN3/c10-9-7(11)4-6(5-13-9)14-8-2-1-3-12-8/h1-5,12,14H. The molecular weight excluding hydrogens is 205 g/mol. The number of nitrogens with zero attached hydrogens (tertiary/aromatic N) is 1. The zero-order valence-corrected chi connectivity index (χ0v) is 7.85. The molecule has 0 saturated carbocycles. The van der Waals surface area contributed by atoms with E-state index in [2.05, 4.69) is 15.3 Å². The molecule has 0 aliphatic carbocycles. The van der Waals surface area contributed by atoms with Gasteiger partial charge in [-0.2, -0.15) is 0 Å². The van der Waals surface area contributed by atoms with Crippen molar-refractivity contribution in [1.29, 1.82) is 0 Å². The lowest BCUT2D eigenvalue weighted by Gasteiger charge is -2.03. The number of halogens is 2. The molecule has 0 aliphatic rings. The zero-order valence-electron chi connectivity index (χ0n) is 7.09. The Morgan fingerprint density at radius 2 is 2.36 bits per heavy atom. The van der Waals surface area contributed by atoms with Crippen molar-refractivity contribution < 1.29 is 4.39 Å². The van der Waals surface area contributed by atoms with Crippen molar-refractivity contribution in [3.05, 3.63) is 41.6 Å². The van der Waals surface area contributed by atoms with Crippen LogP contribution in [0.2, 0.25) is 5.15 Å². The number of hydrogen-bond acceptors (Lipinski definition) is 2. The molecule has 0 aliphatic heterocycles. The highest BCUT2D eigenvalue weighted by atomic mass is 35.5. The van der Waals surface area contributed by atoms with Gasteiger partial charge in [-0.05, 0) is 12.1 Å². The number of anilines is 2. The Labute approximate surface area is 84.9 Å². The molecule has 0 saturated heterocycles. The van der Waals surface area contributed by atoms with Gasteiger partial charge in [-0.1, -0.05) is 11.6 Å². The van der Waals surface area contributed by atoms with E-state index in [9.17, 15) is 4.39 Å². The van der Waals surface area contributed by atoms with E-state index in [0.29, 0.717) is 5.69 Å². The van der Waals surface area contributed by atoms with Crippen LogP contribution in [0.15, 0.2) is 30.6 Å². The smallest absolute Gasteiger partial charge is 0.164 e. The largest absolute Gasteiger partial charge is 0.348 e. The summed E-state index contributed by atoms with van der Waals surface area (Å²) >= 11 is 5.44. The van der Waals surface area contributed by atoms with Gasteiger partial charge >= 0.3 is 0 Å². The van der Waals surface area contributed by atoms with Crippen molar-refractivity contribution in [3.63, 3.8) is 0 Å². The quantitative estimate of drug-likeness (QED) is 0.750. The van der Waals surface area contributed by atoms with E-state index in [1.54, 1.807) is 6.20 Å². The van der Waals surface area contributed by atoms with Crippen LogP contribution in [0.5, 0.6) is 0 Å². The molecule has 0 atom stereocenters. The van der Waals surface area contributed by atoms with E-state index in [-0.39, 0.29) is 5.15 Å². The fourth-order valence-electron chi connectivity index (χ4n) is 1.05. The Morgan fingerprint density at radius 3 is 3.00 bits per heavy atom. The molecule has 14 heavy (non-hydrogen) atoms. The second-order valence-electron chi connectivity index (χ2n) is 2.71. The van der Waals surface area contributed by atoms with E-state index in [1.807, 2.05) is 12.1 Å². The minimum absolute atomic E-state index is 0.123. The first-order valence-corrected chi connectivity index (χ1v) is 4.35. The topological polar surface area (TPSA) is 40.7 Å². The second kappa shape index (κ2) is 3.67. The fourth-order valence-corrected chi connectivity index (χ4v) is 1.16. The minimum atomic E-state index is -0.539. The molecule has 0 aromatic carbocycles. The number of aromatic nitrogens is 2. The van der Waals surface area contributed by atoms with Gasteiger partial charge in [0.15, 0.2) is 11.0 Å². The molecule has 5 heteroatoms. The molecule has 0 bridgehead atoms. The highest BCUT2D eigenvalue weighted by Gasteiger charge is 2.02. The summed E-state index contributed by atoms with van der Waals surface area (Å²) in [5.74, 6) is 0.233. The highest BCUT2D eigenvalue weighted by molar-refractivity contribution is 6.29. The average Bonchev–Trinajstić information content (AvgIpc) is 2.64. The third kappa shape index (κ3) is 1.85. The second-order valence-corrected chi connectivity index (χ2v) is 3.06. The van der Waals surface area contributed by atoms with Crippen molar-refractivity contribution in [2.45, 2.75) is 0 Å². The van der Waals surface area contributed by atoms with Crippen LogP contribution in [0, 0.1) is 5.82 Å². The number of rotatable bonds is 2. The summed E-state index contributed by atoms with van der Waals surface area (Å²) in [5.41, 5.74) is 0.550. The number of pyridine rings is 1. The predicted molar refractivity (Wildman–Crippen MR) is 53.3 cm³/mol. The summed E-state index contributed by atoms with van der Waals surface area (Å²) in [7, 11) is 0. The van der Waals surface area contributed by atoms with E-state index in [4.69, 9.17) is 11.6 Å². The molecule has 2 aromatic heterocycles. The number of hydrogen-bond donors (Lipinski definition) is 2. The molecular formula is C9H7ClFN3. The van der Waals surface area contributed by atoms with Crippen LogP contribution in [0.3, 0.4) is 0 Å². The average molecular weight is 212 g/mol. The lowest BCUT2D eigenvalue weighted by atomic mass is 10.4. The first-order valence-electron chi connectivity index (χ1n) is 3.97. The number of aromatic amines is 1. The molecule has 3 nitrogen and oxygen atoms in total. The van der Waals surface area contributed by atoms with E-state index < -0.39 is 5.82 Å². The third-order valence-electron chi connectivity index (χ3n) is 1.67. The first-order chi connectivity index (χ1) is 6.75. The number of nitrogens with one attached hydrogen (secondary N) is 2. The maximum atomic E-state index is 13.0. The van der Waals surface area contributed by atoms with Crippen molar-refractivity contribution >= 4 is 23.1 Å². The lowest BCUT2D eigenvalue weighted by molar-refractivity contribution is 0.622. The Kier molecular flexibility index (Phi) is 2.37. The summed E-state index contributed by atoms with van der Waals surface area (Å²) < 4.78 is 13.0. The van der Waals surface area contributed by atoms with Gasteiger partial charge in [0.2, 0.25) is 0 Å². The van der Waals surface area contributed by atoms with Gasteiger partial charge in [-0.25, -0.2) is 9.37 Å². The summed E-state index contributed by atoms with van der Waals surface area (Å²) in [5, 5.41) is 2.81. The maximum absolute atomic E-state index is 13.0. The van der Waals surface area contributed by atoms with Gasteiger partial charge in [0, 0.05) is 12.3 Å². The lowest BCUT2D eigenvalue weighted by Crippen LogP contribution is -1.92. The Morgan fingerprint density at radius 1 is 1.50 bits per heavy atom. The Hall–Kier alpha value is -1.55. The van der Waals surface area contributed by atoms with Crippen molar-refractivity contribution in [2.24, 2.45) is 0 Å². The molecule has 2 heterocycles. The fraction of sp³-hybridized carbons (Fsp3) is 0. The summed E-state index contributed by atoms with van der Waals surface area (Å²) in [6.45, 7) is 0. The molecule has 0 radical (unpaired) electrons. The van der Waals surface area contributed by atoms with Crippen LogP contribution in [0.4, 0.5) is 15.9 Å². The first kappa shape index (κ1) is 9.02. The molecule has 2 aromatic rings. The van der Waals surface area contributed by atoms with Crippen LogP contribution in [0.25, 0.3) is 0 Å². The normalized spacial score (nSPS) is 10.1. The molecule has 0 spiro atoms. The zero-order chi connectivity index (χ0) is 9.97. The van der Waals surface area contributed by atoms with Crippen LogP contribution in [-0.2, 0) is 0 Å². The summed E-state index contributed by atoms with van der Waals surface area (Å²) in [6, 6.07) is 4.95. The molecule has 0 unspecified atom stereocenters. The summed E-state index contributed by atoms with van der Waals surface area (Å²) in [4.78, 5) is 6.60. The van der Waals surface area contributed by atoms with Gasteiger partial charge in [-0.3, -0.25) is 0 Å². The minimum Gasteiger partial charge on any atom is -0.348 e. The Bertz CT molecular complexity index is 428. The summed E-state index contributed by atoms with van der Waals surface area (Å²) in [6.07, 6.45) is 3.23. The van der Waals surface area contributed by atoms with Crippen molar-refractivity contribution in [1.82, 2.24) is 9.97 Å². The van der Waals surface area contributed by atoms with Crippen LogP contribution in [-0.4, -0.2) is 9.97 Å². The van der Waals surface area contributed by atoms with Gasteiger partial charge in [0.05, 0.1) is 11.9 Å². The molecule has 0 fully saturated rings. The van der Waals surface area contributed by atoms with Crippen LogP contribution in [0.1, 0.15) is 0 Å². The monoisotopic (exact) mass is 211 g/mol. The third-order valence-corrected chi connectivity index (χ3v) is 1.95. The number of H-pyrrole nitrogens is 1. The van der Waals surface area contributed by atoms with Gasteiger partial charge in [0.1, 0.15) is 5.82 Å². The van der Waals surface area contributed by atoms with E-state index in [1.165, 1.54) is 12.3 Å². The molecule has 2 rings (SSSR count). The molecule has 0 amide bonds. The Balaban J connectivity index is 2.22. The highest BCUT2D eigenvalue weighted by Crippen LogP contribution is 2.18. The SMILES string of the molecule is Fc1cc(Nc2ccc[nH]2)cnc1Cl. The van der Waals surface area contributed by atoms with Crippen molar-refractivity contribution in [2.75, 3.05) is 5.32 Å². The molecule has 72 valence electrons. The predicted octanol–water partition coefficient (Wildman–Crippen LogP) is 2.95. The van der Waals surface area contributed by atoms with Crippen LogP contribution < -0.4 is 5.32 Å². The molecule has 2 N–H and O–H groups in total. The maximum Gasteiger partial charge on any atom is 0.164 e. The van der Waals surface area contributed by atoms with Gasteiger partial charge in [-0.15, -0.1) is 0 Å². The van der Waals surface area contributed by atoms with Crippen molar-refractivity contribution in [3.8, 4) is 0 Å². The van der Waals surface area contributed by atoms with Crippen LogP contribution >= 0.6 is 11.6 Å². The van der Waals surface area contributed by atoms with Gasteiger partial charge in [0.25, 0.3) is 0 Å². The van der Waals surface area contributed by atoms with Gasteiger partial charge < -0.3 is 10.3 Å².